The van der Waals surface area contributed by atoms with Crippen molar-refractivity contribution in [3.63, 3.8) is 0 Å². The molecule has 0 unspecified atom stereocenters. The van der Waals surface area contributed by atoms with Gasteiger partial charge in [-0.3, -0.25) is 9.78 Å². The summed E-state index contributed by atoms with van der Waals surface area (Å²) in [6, 6.07) is 5.12. The molecule has 0 aliphatic heterocycles. The summed E-state index contributed by atoms with van der Waals surface area (Å²) in [5.74, 6) is -0.230. The van der Waals surface area contributed by atoms with Crippen LogP contribution in [0.5, 0.6) is 0 Å². The summed E-state index contributed by atoms with van der Waals surface area (Å²) < 4.78 is 5.19. The van der Waals surface area contributed by atoms with Gasteiger partial charge in [0.15, 0.2) is 0 Å². The van der Waals surface area contributed by atoms with E-state index in [1.807, 2.05) is 18.2 Å². The summed E-state index contributed by atoms with van der Waals surface area (Å²) in [6.45, 7) is 5.34. The lowest BCUT2D eigenvalue weighted by molar-refractivity contribution is -0.122. The molecule has 0 aromatic carbocycles. The monoisotopic (exact) mass is 307 g/mol. The fourth-order valence-electron chi connectivity index (χ4n) is 1.93. The summed E-state index contributed by atoms with van der Waals surface area (Å²) in [6.07, 6.45) is 3.17. The Labute approximate surface area is 131 Å². The second-order valence-electron chi connectivity index (χ2n) is 6.03. The summed E-state index contributed by atoms with van der Waals surface area (Å²) >= 11 is 0. The summed E-state index contributed by atoms with van der Waals surface area (Å²) in [4.78, 5) is 27.9. The van der Waals surface area contributed by atoms with Crippen LogP contribution in [0, 0.1) is 0 Å². The first-order valence-electron chi connectivity index (χ1n) is 7.43. The van der Waals surface area contributed by atoms with Crippen LogP contribution in [0.15, 0.2) is 24.4 Å². The second kappa shape index (κ2) is 8.36. The van der Waals surface area contributed by atoms with Crippen LogP contribution < -0.4 is 10.6 Å². The quantitative estimate of drug-likeness (QED) is 0.843. The number of carbonyl (C=O) groups excluding carboxylic acids is 2. The lowest BCUT2D eigenvalue weighted by atomic mass is 10.1. The van der Waals surface area contributed by atoms with E-state index >= 15 is 0 Å². The van der Waals surface area contributed by atoms with Gasteiger partial charge in [0.2, 0.25) is 5.91 Å². The smallest absolute Gasteiger partial charge is 0.408 e. The Morgan fingerprint density at radius 1 is 1.32 bits per heavy atom. The van der Waals surface area contributed by atoms with E-state index in [1.54, 1.807) is 34.0 Å². The van der Waals surface area contributed by atoms with Crippen molar-refractivity contribution in [3.05, 3.63) is 30.1 Å². The minimum absolute atomic E-state index is 0.230. The average Bonchev–Trinajstić information content (AvgIpc) is 2.44. The van der Waals surface area contributed by atoms with E-state index < -0.39 is 17.7 Å². The van der Waals surface area contributed by atoms with Crippen molar-refractivity contribution in [2.75, 3.05) is 7.05 Å². The molecule has 0 spiro atoms. The Morgan fingerprint density at radius 2 is 2.05 bits per heavy atom. The number of ether oxygens (including phenoxy) is 1. The lowest BCUT2D eigenvalue weighted by Crippen LogP contribution is -2.47. The fraction of sp³-hybridized carbons (Fsp3) is 0.562. The van der Waals surface area contributed by atoms with Gasteiger partial charge in [-0.15, -0.1) is 0 Å². The largest absolute Gasteiger partial charge is 0.444 e. The number of rotatable bonds is 6. The number of nitrogens with one attached hydrogen (secondary N) is 2. The van der Waals surface area contributed by atoms with Crippen molar-refractivity contribution >= 4 is 12.0 Å². The Kier molecular flexibility index (Phi) is 6.82. The van der Waals surface area contributed by atoms with Crippen molar-refractivity contribution < 1.29 is 14.3 Å². The van der Waals surface area contributed by atoms with Gasteiger partial charge in [0, 0.05) is 18.9 Å². The molecule has 2 N–H and O–H groups in total. The van der Waals surface area contributed by atoms with Crippen LogP contribution in [0.1, 0.15) is 39.3 Å². The molecule has 22 heavy (non-hydrogen) atoms. The number of alkyl carbamates (subject to hydrolysis) is 1. The van der Waals surface area contributed by atoms with Gasteiger partial charge in [0.05, 0.1) is 0 Å². The second-order valence-corrected chi connectivity index (χ2v) is 6.03. The minimum Gasteiger partial charge on any atom is -0.444 e. The van der Waals surface area contributed by atoms with Gasteiger partial charge in [0.25, 0.3) is 0 Å². The van der Waals surface area contributed by atoms with Gasteiger partial charge in [0.1, 0.15) is 11.6 Å². The number of aryl methyl sites for hydroxylation is 1. The third kappa shape index (κ3) is 7.06. The first kappa shape index (κ1) is 17.9. The van der Waals surface area contributed by atoms with Gasteiger partial charge in [-0.1, -0.05) is 6.07 Å². The van der Waals surface area contributed by atoms with E-state index in [0.717, 1.165) is 18.5 Å². The zero-order valence-electron chi connectivity index (χ0n) is 13.7. The fourth-order valence-corrected chi connectivity index (χ4v) is 1.93. The topological polar surface area (TPSA) is 80.3 Å². The van der Waals surface area contributed by atoms with Gasteiger partial charge in [-0.05, 0) is 52.2 Å². The molecule has 1 aromatic heterocycles. The van der Waals surface area contributed by atoms with E-state index in [0.29, 0.717) is 6.42 Å². The molecular formula is C16H25N3O3. The molecule has 0 bridgehead atoms. The first-order chi connectivity index (χ1) is 10.3. The maximum Gasteiger partial charge on any atom is 0.408 e. The SMILES string of the molecule is CNC(=O)[C@H](CCCc1ccccn1)NC(=O)OC(C)(C)C. The molecule has 0 saturated carbocycles. The summed E-state index contributed by atoms with van der Waals surface area (Å²) in [7, 11) is 1.55. The Morgan fingerprint density at radius 3 is 2.59 bits per heavy atom. The molecule has 1 rings (SSSR count). The Bertz CT molecular complexity index is 483. The average molecular weight is 307 g/mol. The van der Waals surface area contributed by atoms with E-state index in [-0.39, 0.29) is 5.91 Å². The first-order valence-corrected chi connectivity index (χ1v) is 7.43. The number of hydrogen-bond donors (Lipinski definition) is 2. The van der Waals surface area contributed by atoms with Crippen molar-refractivity contribution in [2.24, 2.45) is 0 Å². The number of amides is 2. The van der Waals surface area contributed by atoms with Crippen molar-refractivity contribution in [3.8, 4) is 0 Å². The van der Waals surface area contributed by atoms with E-state index in [2.05, 4.69) is 15.6 Å². The molecule has 1 aromatic rings. The number of nitrogens with zero attached hydrogens (tertiary/aromatic N) is 1. The molecule has 6 nitrogen and oxygen atoms in total. The van der Waals surface area contributed by atoms with Crippen LogP contribution >= 0.6 is 0 Å². The van der Waals surface area contributed by atoms with Gasteiger partial charge in [-0.25, -0.2) is 4.79 Å². The zero-order valence-corrected chi connectivity index (χ0v) is 13.7. The highest BCUT2D eigenvalue weighted by Gasteiger charge is 2.23. The van der Waals surface area contributed by atoms with Crippen LogP contribution in [0.4, 0.5) is 4.79 Å². The van der Waals surface area contributed by atoms with E-state index in [4.69, 9.17) is 4.74 Å². The lowest BCUT2D eigenvalue weighted by Gasteiger charge is -2.23. The van der Waals surface area contributed by atoms with Crippen molar-refractivity contribution in [2.45, 2.75) is 51.7 Å². The predicted molar refractivity (Wildman–Crippen MR) is 84.4 cm³/mol. The highest BCUT2D eigenvalue weighted by atomic mass is 16.6. The molecule has 1 atom stereocenters. The third-order valence-corrected chi connectivity index (χ3v) is 2.91. The maximum absolute atomic E-state index is 11.9. The number of hydrogen-bond acceptors (Lipinski definition) is 4. The number of pyridine rings is 1. The van der Waals surface area contributed by atoms with Gasteiger partial charge < -0.3 is 15.4 Å². The van der Waals surface area contributed by atoms with Gasteiger partial charge >= 0.3 is 6.09 Å². The molecule has 1 heterocycles. The normalized spacial score (nSPS) is 12.4. The number of aromatic nitrogens is 1. The maximum atomic E-state index is 11.9. The van der Waals surface area contributed by atoms with Gasteiger partial charge in [-0.2, -0.15) is 0 Å². The zero-order chi connectivity index (χ0) is 16.6. The molecular weight excluding hydrogens is 282 g/mol. The summed E-state index contributed by atoms with van der Waals surface area (Å²) in [5, 5.41) is 5.17. The van der Waals surface area contributed by atoms with Crippen LogP contribution in [0.2, 0.25) is 0 Å². The highest BCUT2D eigenvalue weighted by Crippen LogP contribution is 2.09. The highest BCUT2D eigenvalue weighted by molar-refractivity contribution is 5.85. The van der Waals surface area contributed by atoms with E-state index in [1.165, 1.54) is 0 Å². The van der Waals surface area contributed by atoms with Crippen LogP contribution in [0.25, 0.3) is 0 Å². The molecule has 0 aliphatic carbocycles. The van der Waals surface area contributed by atoms with Crippen molar-refractivity contribution in [1.29, 1.82) is 0 Å². The minimum atomic E-state index is -0.608. The number of likely N-dealkylation sites (N-methyl/N-ethyl adjacent to an activating group) is 1. The molecule has 0 aliphatic rings. The number of carbonyl (C=O) groups is 2. The Balaban J connectivity index is 2.50. The Hall–Kier alpha value is -2.11. The third-order valence-electron chi connectivity index (χ3n) is 2.91. The standard InChI is InChI=1S/C16H25N3O3/c1-16(2,3)22-15(21)19-13(14(20)17-4)10-7-9-12-8-5-6-11-18-12/h5-6,8,11,13H,7,9-10H2,1-4H3,(H,17,20)(H,19,21)/t13-/m0/s1. The van der Waals surface area contributed by atoms with E-state index in [9.17, 15) is 9.59 Å². The molecule has 2 amide bonds. The van der Waals surface area contributed by atoms with Crippen molar-refractivity contribution in [1.82, 2.24) is 15.6 Å². The van der Waals surface area contributed by atoms with Crippen LogP contribution in [-0.2, 0) is 16.0 Å². The van der Waals surface area contributed by atoms with Crippen LogP contribution in [0.3, 0.4) is 0 Å². The predicted octanol–water partition coefficient (Wildman–Crippen LogP) is 2.04. The summed E-state index contributed by atoms with van der Waals surface area (Å²) in [5.41, 5.74) is 0.376. The molecule has 0 radical (unpaired) electrons. The molecule has 6 heteroatoms. The van der Waals surface area contributed by atoms with Crippen LogP contribution in [-0.4, -0.2) is 35.7 Å². The molecule has 122 valence electrons. The molecule has 0 fully saturated rings. The molecule has 0 saturated heterocycles.